The van der Waals surface area contributed by atoms with Gasteiger partial charge in [-0.3, -0.25) is 4.68 Å². The van der Waals surface area contributed by atoms with E-state index < -0.39 is 6.61 Å². The number of halogens is 2. The predicted octanol–water partition coefficient (Wildman–Crippen LogP) is 1.97. The van der Waals surface area contributed by atoms with Crippen LogP contribution in [-0.4, -0.2) is 54.1 Å². The fourth-order valence-electron chi connectivity index (χ4n) is 2.56. The smallest absolute Gasteiger partial charge is 0.387 e. The third kappa shape index (κ3) is 3.30. The van der Waals surface area contributed by atoms with Crippen LogP contribution >= 0.6 is 0 Å². The molecule has 1 saturated heterocycles. The molecule has 1 unspecified atom stereocenters. The number of nitrogens with zero attached hydrogens (tertiary/aromatic N) is 3. The van der Waals surface area contributed by atoms with Crippen LogP contribution in [0.5, 0.6) is 5.75 Å². The van der Waals surface area contributed by atoms with Crippen molar-refractivity contribution >= 4 is 10.9 Å². The van der Waals surface area contributed by atoms with Crippen molar-refractivity contribution in [1.82, 2.24) is 14.7 Å². The van der Waals surface area contributed by atoms with E-state index >= 15 is 0 Å². The summed E-state index contributed by atoms with van der Waals surface area (Å²) in [6.07, 6.45) is 1.74. The topological polar surface area (TPSA) is 39.5 Å². The minimum Gasteiger partial charge on any atom is -0.435 e. The fourth-order valence-corrected chi connectivity index (χ4v) is 2.56. The van der Waals surface area contributed by atoms with E-state index in [2.05, 4.69) is 21.8 Å². The zero-order chi connectivity index (χ0) is 14.8. The van der Waals surface area contributed by atoms with Crippen molar-refractivity contribution in [3.8, 4) is 5.75 Å². The zero-order valence-corrected chi connectivity index (χ0v) is 11.7. The van der Waals surface area contributed by atoms with Gasteiger partial charge < -0.3 is 14.4 Å². The number of morpholine rings is 1. The maximum Gasteiger partial charge on any atom is 0.387 e. The fraction of sp³-hybridized carbons (Fsp3) is 0.500. The SMILES string of the molecule is CN1CCOC(Cn2ncc3cc(OC(F)F)ccc32)C1. The van der Waals surface area contributed by atoms with Crippen molar-refractivity contribution in [2.24, 2.45) is 0 Å². The van der Waals surface area contributed by atoms with Crippen molar-refractivity contribution < 1.29 is 18.3 Å². The van der Waals surface area contributed by atoms with Gasteiger partial charge in [-0.25, -0.2) is 0 Å². The van der Waals surface area contributed by atoms with E-state index in [1.165, 1.54) is 6.07 Å². The maximum absolute atomic E-state index is 12.2. The summed E-state index contributed by atoms with van der Waals surface area (Å²) in [5, 5.41) is 5.09. The molecule has 0 saturated carbocycles. The van der Waals surface area contributed by atoms with Gasteiger partial charge in [-0.05, 0) is 25.2 Å². The summed E-state index contributed by atoms with van der Waals surface area (Å²) in [7, 11) is 2.06. The second kappa shape index (κ2) is 5.95. The molecule has 1 aliphatic rings. The van der Waals surface area contributed by atoms with Crippen LogP contribution in [0.2, 0.25) is 0 Å². The van der Waals surface area contributed by atoms with Gasteiger partial charge in [-0.2, -0.15) is 13.9 Å². The molecule has 0 spiro atoms. The van der Waals surface area contributed by atoms with Crippen LogP contribution in [0.4, 0.5) is 8.78 Å². The summed E-state index contributed by atoms with van der Waals surface area (Å²) in [6, 6.07) is 4.84. The molecular formula is C14H17F2N3O2. The molecule has 1 aromatic carbocycles. The standard InChI is InChI=1S/C14H17F2N3O2/c1-18-4-5-20-12(8-18)9-19-13-3-2-11(21-14(15)16)6-10(13)7-17-19/h2-3,6-7,12,14H,4-5,8-9H2,1H3. The summed E-state index contributed by atoms with van der Waals surface area (Å²) in [5.41, 5.74) is 0.883. The van der Waals surface area contributed by atoms with Crippen LogP contribution in [0.1, 0.15) is 0 Å². The molecule has 7 heteroatoms. The monoisotopic (exact) mass is 297 g/mol. The zero-order valence-electron chi connectivity index (χ0n) is 11.7. The highest BCUT2D eigenvalue weighted by molar-refractivity contribution is 5.80. The number of hydrogen-bond donors (Lipinski definition) is 0. The molecule has 21 heavy (non-hydrogen) atoms. The minimum absolute atomic E-state index is 0.0869. The van der Waals surface area contributed by atoms with E-state index in [4.69, 9.17) is 4.74 Å². The Kier molecular flexibility index (Phi) is 4.03. The number of benzene rings is 1. The second-order valence-corrected chi connectivity index (χ2v) is 5.18. The summed E-state index contributed by atoms with van der Waals surface area (Å²) >= 11 is 0. The van der Waals surface area contributed by atoms with Gasteiger partial charge in [-0.15, -0.1) is 0 Å². The number of hydrogen-bond acceptors (Lipinski definition) is 4. The molecule has 0 N–H and O–H groups in total. The maximum atomic E-state index is 12.2. The molecule has 5 nitrogen and oxygen atoms in total. The van der Waals surface area contributed by atoms with Crippen LogP contribution in [0, 0.1) is 0 Å². The van der Waals surface area contributed by atoms with E-state index in [1.54, 1.807) is 18.3 Å². The van der Waals surface area contributed by atoms with Crippen molar-refractivity contribution in [3.63, 3.8) is 0 Å². The Morgan fingerprint density at radius 3 is 3.10 bits per heavy atom. The molecule has 0 amide bonds. The molecule has 0 bridgehead atoms. The van der Waals surface area contributed by atoms with E-state index in [9.17, 15) is 8.78 Å². The first-order chi connectivity index (χ1) is 10.1. The number of fused-ring (bicyclic) bond motifs is 1. The number of ether oxygens (including phenoxy) is 2. The summed E-state index contributed by atoms with van der Waals surface area (Å²) in [5.74, 6) is 0.144. The van der Waals surface area contributed by atoms with Crippen molar-refractivity contribution in [1.29, 1.82) is 0 Å². The first-order valence-electron chi connectivity index (χ1n) is 6.82. The van der Waals surface area contributed by atoms with Crippen LogP contribution in [0.25, 0.3) is 10.9 Å². The van der Waals surface area contributed by atoms with Gasteiger partial charge in [0.15, 0.2) is 0 Å². The van der Waals surface area contributed by atoms with Gasteiger partial charge in [-0.1, -0.05) is 0 Å². The molecule has 2 aromatic rings. The van der Waals surface area contributed by atoms with E-state index in [0.717, 1.165) is 24.0 Å². The van der Waals surface area contributed by atoms with Crippen LogP contribution in [0.15, 0.2) is 24.4 Å². The van der Waals surface area contributed by atoms with Gasteiger partial charge >= 0.3 is 6.61 Å². The number of alkyl halides is 2. The Morgan fingerprint density at radius 2 is 2.33 bits per heavy atom. The van der Waals surface area contributed by atoms with E-state index in [-0.39, 0.29) is 11.9 Å². The Morgan fingerprint density at radius 1 is 1.48 bits per heavy atom. The lowest BCUT2D eigenvalue weighted by Crippen LogP contribution is -2.42. The highest BCUT2D eigenvalue weighted by atomic mass is 19.3. The molecule has 2 heterocycles. The lowest BCUT2D eigenvalue weighted by Gasteiger charge is -2.30. The predicted molar refractivity (Wildman–Crippen MR) is 73.6 cm³/mol. The van der Waals surface area contributed by atoms with Crippen molar-refractivity contribution in [2.75, 3.05) is 26.7 Å². The molecule has 1 aliphatic heterocycles. The van der Waals surface area contributed by atoms with Crippen LogP contribution in [0.3, 0.4) is 0 Å². The molecule has 0 radical (unpaired) electrons. The van der Waals surface area contributed by atoms with Crippen molar-refractivity contribution in [2.45, 2.75) is 19.3 Å². The summed E-state index contributed by atoms with van der Waals surface area (Å²) in [4.78, 5) is 2.22. The third-order valence-corrected chi connectivity index (χ3v) is 3.56. The third-order valence-electron chi connectivity index (χ3n) is 3.56. The molecule has 1 atom stereocenters. The Balaban J connectivity index is 1.77. The van der Waals surface area contributed by atoms with E-state index in [1.807, 2.05) is 4.68 Å². The molecular weight excluding hydrogens is 280 g/mol. The molecule has 0 aliphatic carbocycles. The number of aromatic nitrogens is 2. The van der Waals surface area contributed by atoms with E-state index in [0.29, 0.717) is 13.2 Å². The Labute approximate surface area is 121 Å². The van der Waals surface area contributed by atoms with Crippen LogP contribution in [-0.2, 0) is 11.3 Å². The molecule has 3 rings (SSSR count). The summed E-state index contributed by atoms with van der Waals surface area (Å²) in [6.45, 7) is 0.331. The highest BCUT2D eigenvalue weighted by Crippen LogP contribution is 2.22. The number of rotatable bonds is 4. The minimum atomic E-state index is -2.82. The summed E-state index contributed by atoms with van der Waals surface area (Å²) < 4.78 is 36.4. The molecule has 114 valence electrons. The largest absolute Gasteiger partial charge is 0.435 e. The Bertz CT molecular complexity index is 617. The van der Waals surface area contributed by atoms with Crippen molar-refractivity contribution in [3.05, 3.63) is 24.4 Å². The lowest BCUT2D eigenvalue weighted by atomic mass is 10.2. The van der Waals surface area contributed by atoms with Gasteiger partial charge in [0.05, 0.1) is 31.0 Å². The number of likely N-dealkylation sites (N-methyl/N-ethyl adjacent to an activating group) is 1. The molecule has 1 fully saturated rings. The normalized spacial score (nSPS) is 20.3. The average Bonchev–Trinajstić information content (AvgIpc) is 2.81. The molecule has 1 aromatic heterocycles. The Hall–Kier alpha value is -1.73. The average molecular weight is 297 g/mol. The van der Waals surface area contributed by atoms with Gasteiger partial charge in [0.2, 0.25) is 0 Å². The van der Waals surface area contributed by atoms with Gasteiger partial charge in [0.1, 0.15) is 5.75 Å². The first kappa shape index (κ1) is 14.2. The quantitative estimate of drug-likeness (QED) is 0.865. The van der Waals surface area contributed by atoms with Gasteiger partial charge in [0.25, 0.3) is 0 Å². The second-order valence-electron chi connectivity index (χ2n) is 5.18. The lowest BCUT2D eigenvalue weighted by molar-refractivity contribution is -0.0497. The highest BCUT2D eigenvalue weighted by Gasteiger charge is 2.19. The van der Waals surface area contributed by atoms with Crippen LogP contribution < -0.4 is 4.74 Å². The van der Waals surface area contributed by atoms with Gasteiger partial charge in [0, 0.05) is 18.5 Å². The first-order valence-corrected chi connectivity index (χ1v) is 6.82.